The minimum absolute atomic E-state index is 0.0348. The first-order chi connectivity index (χ1) is 9.74. The van der Waals surface area contributed by atoms with E-state index in [0.717, 1.165) is 0 Å². The monoisotopic (exact) mass is 282 g/mol. The molecular formula is C17H18N2S. The number of H-pyrrole nitrogens is 1. The fourth-order valence-electron chi connectivity index (χ4n) is 2.33. The Labute approximate surface area is 123 Å². The number of aromatic amines is 1. The third-order valence-corrected chi connectivity index (χ3v) is 4.65. The van der Waals surface area contributed by atoms with Crippen molar-refractivity contribution in [2.45, 2.75) is 23.2 Å². The lowest BCUT2D eigenvalue weighted by atomic mass is 10.1. The predicted octanol–water partition coefficient (Wildman–Crippen LogP) is 4.35. The molecule has 0 aliphatic heterocycles. The van der Waals surface area contributed by atoms with Crippen molar-refractivity contribution in [1.29, 1.82) is 0 Å². The molecule has 3 N–H and O–H groups in total. The molecule has 0 aliphatic rings. The van der Waals surface area contributed by atoms with Crippen molar-refractivity contribution in [3.63, 3.8) is 0 Å². The highest BCUT2D eigenvalue weighted by atomic mass is 32.2. The molecule has 3 rings (SSSR count). The summed E-state index contributed by atoms with van der Waals surface area (Å²) >= 11 is 1.79. The summed E-state index contributed by atoms with van der Waals surface area (Å²) in [5.41, 5.74) is 8.71. The Morgan fingerprint density at radius 2 is 1.70 bits per heavy atom. The highest BCUT2D eigenvalue weighted by Crippen LogP contribution is 2.31. The smallest absolute Gasteiger partial charge is 0.0735 e. The molecule has 0 saturated heterocycles. The minimum atomic E-state index is 0.0348. The van der Waals surface area contributed by atoms with Crippen LogP contribution in [0.25, 0.3) is 10.9 Å². The quantitative estimate of drug-likeness (QED) is 0.699. The van der Waals surface area contributed by atoms with Crippen LogP contribution in [-0.4, -0.2) is 10.2 Å². The van der Waals surface area contributed by atoms with E-state index in [1.807, 2.05) is 24.3 Å². The van der Waals surface area contributed by atoms with Crippen molar-refractivity contribution in [1.82, 2.24) is 4.98 Å². The molecule has 3 heteroatoms. The largest absolute Gasteiger partial charge is 0.350 e. The molecule has 2 aromatic carbocycles. The lowest BCUT2D eigenvalue weighted by Gasteiger charge is -2.19. The summed E-state index contributed by atoms with van der Waals surface area (Å²) in [6.45, 7) is 2.17. The molecule has 3 aromatic rings. The van der Waals surface area contributed by atoms with Gasteiger partial charge in [0.25, 0.3) is 0 Å². The molecule has 2 nitrogen and oxygen atoms in total. The van der Waals surface area contributed by atoms with E-state index in [2.05, 4.69) is 48.3 Å². The van der Waals surface area contributed by atoms with Crippen LogP contribution in [0, 0.1) is 0 Å². The molecule has 0 radical (unpaired) electrons. The lowest BCUT2D eigenvalue weighted by molar-refractivity contribution is 0.714. The number of hydrogen-bond acceptors (Lipinski definition) is 2. The zero-order valence-corrected chi connectivity index (χ0v) is 12.2. The molecule has 0 fully saturated rings. The van der Waals surface area contributed by atoms with Gasteiger partial charge in [-0.15, -0.1) is 11.8 Å². The topological polar surface area (TPSA) is 41.8 Å². The van der Waals surface area contributed by atoms with Crippen molar-refractivity contribution in [2.75, 3.05) is 0 Å². The van der Waals surface area contributed by atoms with E-state index >= 15 is 0 Å². The Kier molecular flexibility index (Phi) is 3.81. The highest BCUT2D eigenvalue weighted by Gasteiger charge is 2.16. The van der Waals surface area contributed by atoms with E-state index in [0.29, 0.717) is 5.25 Å². The van der Waals surface area contributed by atoms with Gasteiger partial charge in [-0.2, -0.15) is 0 Å². The maximum absolute atomic E-state index is 6.35. The van der Waals surface area contributed by atoms with Crippen LogP contribution in [0.1, 0.15) is 18.5 Å². The Bertz CT molecular complexity index is 657. The van der Waals surface area contributed by atoms with Gasteiger partial charge in [0, 0.05) is 22.2 Å². The fourth-order valence-corrected chi connectivity index (χ4v) is 3.40. The number of hydrogen-bond donors (Lipinski definition) is 2. The highest BCUT2D eigenvalue weighted by molar-refractivity contribution is 7.99. The van der Waals surface area contributed by atoms with Crippen molar-refractivity contribution in [3.8, 4) is 0 Å². The number of nitrogens with one attached hydrogen (secondary N) is 1. The van der Waals surface area contributed by atoms with Crippen LogP contribution in [0.3, 0.4) is 0 Å². The van der Waals surface area contributed by atoms with Gasteiger partial charge in [-0.1, -0.05) is 55.5 Å². The van der Waals surface area contributed by atoms with Gasteiger partial charge in [0.15, 0.2) is 0 Å². The van der Waals surface area contributed by atoms with Crippen LogP contribution in [0.15, 0.2) is 65.7 Å². The van der Waals surface area contributed by atoms with E-state index in [1.165, 1.54) is 21.5 Å². The molecule has 20 heavy (non-hydrogen) atoms. The van der Waals surface area contributed by atoms with Gasteiger partial charge in [-0.25, -0.2) is 0 Å². The summed E-state index contributed by atoms with van der Waals surface area (Å²) in [6, 6.07) is 20.8. The van der Waals surface area contributed by atoms with Crippen LogP contribution in [0.5, 0.6) is 0 Å². The molecule has 0 saturated carbocycles. The molecule has 2 unspecified atom stereocenters. The minimum Gasteiger partial charge on any atom is -0.350 e. The number of benzene rings is 2. The summed E-state index contributed by atoms with van der Waals surface area (Å²) in [4.78, 5) is 3.44. The number of nitrogens with two attached hydrogens (primary N) is 1. The van der Waals surface area contributed by atoms with Gasteiger partial charge in [-0.3, -0.25) is 0 Å². The average molecular weight is 282 g/mol. The Hall–Kier alpha value is -1.71. The molecular weight excluding hydrogens is 264 g/mol. The first-order valence-corrected chi connectivity index (χ1v) is 7.67. The number of thioether (sulfide) groups is 1. The zero-order valence-electron chi connectivity index (χ0n) is 11.4. The maximum Gasteiger partial charge on any atom is 0.0735 e. The third-order valence-electron chi connectivity index (χ3n) is 3.51. The summed E-state index contributed by atoms with van der Waals surface area (Å²) < 4.78 is 0. The standard InChI is InChI=1S/C17H18N2S/c1-12(17(18)13-7-3-2-4-8-13)20-16-11-14-9-5-6-10-15(14)19-16/h2-12,17,19H,18H2,1H3. The molecule has 1 heterocycles. The van der Waals surface area contributed by atoms with Crippen LogP contribution in [-0.2, 0) is 0 Å². The van der Waals surface area contributed by atoms with Gasteiger partial charge in [0.2, 0.25) is 0 Å². The van der Waals surface area contributed by atoms with Crippen molar-refractivity contribution in [2.24, 2.45) is 5.73 Å². The van der Waals surface area contributed by atoms with E-state index < -0.39 is 0 Å². The maximum atomic E-state index is 6.35. The van der Waals surface area contributed by atoms with Crippen LogP contribution >= 0.6 is 11.8 Å². The van der Waals surface area contributed by atoms with Gasteiger partial charge in [-0.05, 0) is 17.7 Å². The van der Waals surface area contributed by atoms with E-state index in [9.17, 15) is 0 Å². The first-order valence-electron chi connectivity index (χ1n) is 6.79. The third kappa shape index (κ3) is 2.74. The number of para-hydroxylation sites is 1. The fraction of sp³-hybridized carbons (Fsp3) is 0.176. The Morgan fingerprint density at radius 1 is 1.00 bits per heavy atom. The average Bonchev–Trinajstić information content (AvgIpc) is 2.89. The molecule has 1 aromatic heterocycles. The van der Waals surface area contributed by atoms with Gasteiger partial charge >= 0.3 is 0 Å². The van der Waals surface area contributed by atoms with Crippen LogP contribution in [0.4, 0.5) is 0 Å². The summed E-state index contributed by atoms with van der Waals surface area (Å²) in [5.74, 6) is 0. The van der Waals surface area contributed by atoms with Crippen molar-refractivity contribution in [3.05, 3.63) is 66.2 Å². The van der Waals surface area contributed by atoms with E-state index in [4.69, 9.17) is 5.73 Å². The second-order valence-corrected chi connectivity index (χ2v) is 6.40. The number of rotatable bonds is 4. The van der Waals surface area contributed by atoms with Crippen molar-refractivity contribution >= 4 is 22.7 Å². The summed E-state index contributed by atoms with van der Waals surface area (Å²) in [7, 11) is 0. The molecule has 0 spiro atoms. The second-order valence-electron chi connectivity index (χ2n) is 4.98. The Morgan fingerprint density at radius 3 is 2.45 bits per heavy atom. The molecule has 0 amide bonds. The summed E-state index contributed by atoms with van der Waals surface area (Å²) in [6.07, 6.45) is 0. The zero-order chi connectivity index (χ0) is 13.9. The molecule has 102 valence electrons. The van der Waals surface area contributed by atoms with Crippen molar-refractivity contribution < 1.29 is 0 Å². The van der Waals surface area contributed by atoms with Gasteiger partial charge < -0.3 is 10.7 Å². The Balaban J connectivity index is 1.76. The summed E-state index contributed by atoms with van der Waals surface area (Å²) in [5, 5.41) is 2.73. The molecule has 0 aliphatic carbocycles. The number of aromatic nitrogens is 1. The number of fused-ring (bicyclic) bond motifs is 1. The SMILES string of the molecule is CC(Sc1cc2ccccc2[nH]1)C(N)c1ccccc1. The van der Waals surface area contributed by atoms with E-state index in [1.54, 1.807) is 11.8 Å². The molecule has 0 bridgehead atoms. The normalized spacial score (nSPS) is 14.3. The predicted molar refractivity (Wildman–Crippen MR) is 87.0 cm³/mol. The molecule has 2 atom stereocenters. The van der Waals surface area contributed by atoms with Gasteiger partial charge in [0.05, 0.1) is 5.03 Å². The van der Waals surface area contributed by atoms with E-state index in [-0.39, 0.29) is 6.04 Å². The second kappa shape index (κ2) is 5.73. The van der Waals surface area contributed by atoms with Crippen LogP contribution in [0.2, 0.25) is 0 Å². The first kappa shape index (κ1) is 13.3. The van der Waals surface area contributed by atoms with Gasteiger partial charge in [0.1, 0.15) is 0 Å². The van der Waals surface area contributed by atoms with Crippen LogP contribution < -0.4 is 5.73 Å². The lowest BCUT2D eigenvalue weighted by Crippen LogP contribution is -2.20.